The van der Waals surface area contributed by atoms with Crippen LogP contribution in [0.25, 0.3) is 0 Å². The molecule has 0 aliphatic heterocycles. The molecule has 0 fully saturated rings. The van der Waals surface area contributed by atoms with Crippen molar-refractivity contribution in [2.24, 2.45) is 0 Å². The van der Waals surface area contributed by atoms with Gasteiger partial charge in [-0.05, 0) is 34.1 Å². The maximum absolute atomic E-state index is 11.9. The number of likely N-dealkylation sites (N-methyl/N-ethyl adjacent to an activating group) is 1. The molecule has 0 aromatic rings. The average Bonchev–Trinajstić information content (AvgIpc) is 2.35. The summed E-state index contributed by atoms with van der Waals surface area (Å²) in [5.74, 6) is -0.928. The zero-order valence-electron chi connectivity index (χ0n) is 13.9. The lowest BCUT2D eigenvalue weighted by molar-refractivity contribution is -0.147. The number of rotatable bonds is 7. The third-order valence-corrected chi connectivity index (χ3v) is 2.81. The van der Waals surface area contributed by atoms with Crippen molar-refractivity contribution in [3.63, 3.8) is 0 Å². The van der Waals surface area contributed by atoms with E-state index >= 15 is 0 Å². The minimum Gasteiger partial charge on any atom is -0.465 e. The second-order valence-corrected chi connectivity index (χ2v) is 5.98. The summed E-state index contributed by atoms with van der Waals surface area (Å²) < 4.78 is 10.1. The van der Waals surface area contributed by atoms with Crippen molar-refractivity contribution in [3.8, 4) is 0 Å². The van der Waals surface area contributed by atoms with E-state index in [1.54, 1.807) is 27.7 Å². The number of amides is 1. The molecule has 0 saturated heterocycles. The molecule has 0 aromatic carbocycles. The Balaban J connectivity index is 4.36. The number of esters is 1. The van der Waals surface area contributed by atoms with E-state index in [4.69, 9.17) is 9.47 Å². The first kappa shape index (κ1) is 19.4. The highest BCUT2D eigenvalue weighted by molar-refractivity contribution is 5.99. The molecule has 0 saturated carbocycles. The second kappa shape index (κ2) is 8.64. The summed E-state index contributed by atoms with van der Waals surface area (Å²) in [7, 11) is 1.47. The number of carbonyl (C=O) groups excluding carboxylic acids is 3. The van der Waals surface area contributed by atoms with Crippen LogP contribution < -0.4 is 0 Å². The van der Waals surface area contributed by atoms with Crippen LogP contribution in [0, 0.1) is 0 Å². The van der Waals surface area contributed by atoms with Crippen molar-refractivity contribution in [2.75, 3.05) is 13.7 Å². The highest BCUT2D eigenvalue weighted by atomic mass is 16.6. The first-order valence-corrected chi connectivity index (χ1v) is 7.22. The van der Waals surface area contributed by atoms with E-state index in [1.807, 2.05) is 6.92 Å². The third-order valence-electron chi connectivity index (χ3n) is 2.81. The summed E-state index contributed by atoms with van der Waals surface area (Å²) in [6.07, 6.45) is 0.757. The fraction of sp³-hybridized carbons (Fsp3) is 0.800. The van der Waals surface area contributed by atoms with E-state index in [-0.39, 0.29) is 12.2 Å². The van der Waals surface area contributed by atoms with Crippen LogP contribution in [-0.4, -0.2) is 48.0 Å². The van der Waals surface area contributed by atoms with Crippen LogP contribution >= 0.6 is 0 Å². The molecule has 0 heterocycles. The van der Waals surface area contributed by atoms with Gasteiger partial charge in [0.25, 0.3) is 0 Å². The summed E-state index contributed by atoms with van der Waals surface area (Å²) in [4.78, 5) is 36.4. The largest absolute Gasteiger partial charge is 0.465 e. The number of hydrogen-bond donors (Lipinski definition) is 0. The predicted molar refractivity (Wildman–Crippen MR) is 79.0 cm³/mol. The molecule has 1 atom stereocenters. The van der Waals surface area contributed by atoms with Crippen LogP contribution in [0.5, 0.6) is 0 Å². The Morgan fingerprint density at radius 3 is 2.24 bits per heavy atom. The molecule has 0 N–H and O–H groups in total. The van der Waals surface area contributed by atoms with E-state index in [9.17, 15) is 14.4 Å². The quantitative estimate of drug-likeness (QED) is 0.410. The molecule has 1 unspecified atom stereocenters. The Morgan fingerprint density at radius 2 is 1.76 bits per heavy atom. The molecule has 0 spiro atoms. The highest BCUT2D eigenvalue weighted by Crippen LogP contribution is 2.11. The number of hydrogen-bond acceptors (Lipinski definition) is 5. The highest BCUT2D eigenvalue weighted by Gasteiger charge is 2.28. The molecule has 6 nitrogen and oxygen atoms in total. The molecule has 6 heteroatoms. The Labute approximate surface area is 126 Å². The molecule has 0 bridgehead atoms. The summed E-state index contributed by atoms with van der Waals surface area (Å²) in [5, 5.41) is 0. The molecule has 0 rings (SSSR count). The maximum atomic E-state index is 11.9. The van der Waals surface area contributed by atoms with E-state index < -0.39 is 23.7 Å². The van der Waals surface area contributed by atoms with Gasteiger partial charge in [0.1, 0.15) is 12.0 Å². The second-order valence-electron chi connectivity index (χ2n) is 5.98. The Bertz CT molecular complexity index is 373. The first-order valence-electron chi connectivity index (χ1n) is 7.22. The lowest BCUT2D eigenvalue weighted by atomic mass is 10.1. The first-order chi connectivity index (χ1) is 9.58. The van der Waals surface area contributed by atoms with Crippen LogP contribution in [0.3, 0.4) is 0 Å². The zero-order chi connectivity index (χ0) is 16.6. The smallest absolute Gasteiger partial charge is 0.410 e. The average molecular weight is 301 g/mol. The van der Waals surface area contributed by atoms with Gasteiger partial charge in [-0.2, -0.15) is 0 Å². The predicted octanol–water partition coefficient (Wildman–Crippen LogP) is 2.54. The molecule has 0 aromatic heterocycles. The molecular weight excluding hydrogens is 274 g/mol. The summed E-state index contributed by atoms with van der Waals surface area (Å²) in [6.45, 7) is 9.10. The van der Waals surface area contributed by atoms with Gasteiger partial charge >= 0.3 is 12.1 Å². The number of Topliss-reactive ketones (excluding diaryl/α,β-unsaturated/α-hetero) is 1. The lowest BCUT2D eigenvalue weighted by Gasteiger charge is -2.27. The SMILES string of the molecule is CCCCOC(=O)CC(=O)C(C)N(C)C(=O)OC(C)(C)C. The molecular formula is C15H27NO5. The zero-order valence-corrected chi connectivity index (χ0v) is 13.9. The Hall–Kier alpha value is -1.59. The number of ether oxygens (including phenoxy) is 2. The summed E-state index contributed by atoms with van der Waals surface area (Å²) >= 11 is 0. The monoisotopic (exact) mass is 301 g/mol. The minimum absolute atomic E-state index is 0.318. The van der Waals surface area contributed by atoms with Gasteiger partial charge in [-0.15, -0.1) is 0 Å². The van der Waals surface area contributed by atoms with Crippen molar-refractivity contribution in [3.05, 3.63) is 0 Å². The third kappa shape index (κ3) is 8.32. The maximum Gasteiger partial charge on any atom is 0.410 e. The topological polar surface area (TPSA) is 72.9 Å². The normalized spacial score (nSPS) is 12.5. The van der Waals surface area contributed by atoms with Crippen molar-refractivity contribution < 1.29 is 23.9 Å². The summed E-state index contributed by atoms with van der Waals surface area (Å²) in [5.41, 5.74) is -0.632. The standard InChI is InChI=1S/C15H27NO5/c1-7-8-9-20-13(18)10-12(17)11(2)16(6)14(19)21-15(3,4)5/h11H,7-10H2,1-6H3. The molecule has 122 valence electrons. The van der Waals surface area contributed by atoms with Crippen molar-refractivity contribution in [1.29, 1.82) is 0 Å². The van der Waals surface area contributed by atoms with Crippen LogP contribution in [-0.2, 0) is 19.1 Å². The van der Waals surface area contributed by atoms with E-state index in [1.165, 1.54) is 11.9 Å². The van der Waals surface area contributed by atoms with Crippen molar-refractivity contribution in [2.45, 2.75) is 65.5 Å². The van der Waals surface area contributed by atoms with Gasteiger partial charge in [-0.1, -0.05) is 13.3 Å². The van der Waals surface area contributed by atoms with E-state index in [0.717, 1.165) is 12.8 Å². The molecule has 0 radical (unpaired) electrons. The number of unbranched alkanes of at least 4 members (excludes halogenated alkanes) is 1. The minimum atomic E-state index is -0.737. The van der Waals surface area contributed by atoms with Crippen molar-refractivity contribution >= 4 is 17.8 Å². The fourth-order valence-electron chi connectivity index (χ4n) is 1.38. The number of nitrogens with zero attached hydrogens (tertiary/aromatic N) is 1. The van der Waals surface area contributed by atoms with E-state index in [2.05, 4.69) is 0 Å². The van der Waals surface area contributed by atoms with E-state index in [0.29, 0.717) is 6.61 Å². The van der Waals surface area contributed by atoms with Gasteiger partial charge in [0.05, 0.1) is 12.6 Å². The molecule has 0 aliphatic carbocycles. The Kier molecular flexibility index (Phi) is 7.99. The van der Waals surface area contributed by atoms with Gasteiger partial charge in [-0.3, -0.25) is 9.59 Å². The van der Waals surface area contributed by atoms with Crippen LogP contribution in [0.1, 0.15) is 53.9 Å². The van der Waals surface area contributed by atoms with Gasteiger partial charge in [0, 0.05) is 7.05 Å². The number of carbonyl (C=O) groups is 3. The number of ketones is 1. The lowest BCUT2D eigenvalue weighted by Crippen LogP contribution is -2.43. The van der Waals surface area contributed by atoms with Gasteiger partial charge in [0.2, 0.25) is 0 Å². The molecule has 0 aliphatic rings. The van der Waals surface area contributed by atoms with Crippen molar-refractivity contribution in [1.82, 2.24) is 4.90 Å². The molecule has 1 amide bonds. The van der Waals surface area contributed by atoms with Gasteiger partial charge in [0.15, 0.2) is 5.78 Å². The van der Waals surface area contributed by atoms with Gasteiger partial charge in [-0.25, -0.2) is 4.79 Å². The van der Waals surface area contributed by atoms with Crippen LogP contribution in [0.4, 0.5) is 4.79 Å². The van der Waals surface area contributed by atoms with Crippen LogP contribution in [0.2, 0.25) is 0 Å². The fourth-order valence-corrected chi connectivity index (χ4v) is 1.38. The van der Waals surface area contributed by atoms with Gasteiger partial charge < -0.3 is 14.4 Å². The molecule has 21 heavy (non-hydrogen) atoms. The van der Waals surface area contributed by atoms with Crippen LogP contribution in [0.15, 0.2) is 0 Å². The summed E-state index contributed by atoms with van der Waals surface area (Å²) in [6, 6.07) is -0.737. The Morgan fingerprint density at radius 1 is 1.19 bits per heavy atom.